The molecule has 0 bridgehead atoms. The molecule has 2 N–H and O–H groups in total. The van der Waals surface area contributed by atoms with E-state index in [1.165, 1.54) is 0 Å². The highest BCUT2D eigenvalue weighted by molar-refractivity contribution is 7.98. The van der Waals surface area contributed by atoms with Gasteiger partial charge in [0.25, 0.3) is 5.82 Å². The molecule has 1 aromatic rings. The lowest BCUT2D eigenvalue weighted by Gasteiger charge is -2.03. The van der Waals surface area contributed by atoms with E-state index in [0.717, 1.165) is 5.75 Å². The van der Waals surface area contributed by atoms with Crippen LogP contribution in [0.5, 0.6) is 0 Å². The van der Waals surface area contributed by atoms with Crippen LogP contribution in [0, 0.1) is 0 Å². The lowest BCUT2D eigenvalue weighted by atomic mass is 10.2. The number of hydrogen-bond donors (Lipinski definition) is 1. The SMILES string of the molecule is CSCC[C@H](N)c1nc(C(F)(F)F)no1. The monoisotopic (exact) mass is 241 g/mol. The summed E-state index contributed by atoms with van der Waals surface area (Å²) in [5.41, 5.74) is 5.56. The molecule has 1 heterocycles. The molecule has 4 nitrogen and oxygen atoms in total. The molecule has 0 unspecified atom stereocenters. The second kappa shape index (κ2) is 4.84. The number of thioether (sulfide) groups is 1. The zero-order valence-electron chi connectivity index (χ0n) is 7.91. The van der Waals surface area contributed by atoms with Gasteiger partial charge >= 0.3 is 6.18 Å². The van der Waals surface area contributed by atoms with E-state index in [-0.39, 0.29) is 5.89 Å². The van der Waals surface area contributed by atoms with Gasteiger partial charge in [-0.3, -0.25) is 0 Å². The normalized spacial score (nSPS) is 14.2. The molecule has 0 spiro atoms. The lowest BCUT2D eigenvalue weighted by molar-refractivity contribution is -0.146. The van der Waals surface area contributed by atoms with E-state index in [2.05, 4.69) is 14.7 Å². The van der Waals surface area contributed by atoms with Crippen molar-refractivity contribution in [2.45, 2.75) is 18.6 Å². The summed E-state index contributed by atoms with van der Waals surface area (Å²) in [5, 5.41) is 2.82. The Bertz CT molecular complexity index is 315. The Balaban J connectivity index is 2.67. The van der Waals surface area contributed by atoms with Gasteiger partial charge in [0.15, 0.2) is 0 Å². The molecule has 0 aliphatic rings. The third-order valence-corrected chi connectivity index (χ3v) is 2.29. The standard InChI is InChI=1S/C7H10F3N3OS/c1-15-3-2-4(11)5-12-6(13-14-5)7(8,9)10/h4H,2-3,11H2,1H3/t4-/m0/s1. The summed E-state index contributed by atoms with van der Waals surface area (Å²) in [6.07, 6.45) is -2.21. The third kappa shape index (κ3) is 3.38. The lowest BCUT2D eigenvalue weighted by Crippen LogP contribution is -2.13. The number of hydrogen-bond acceptors (Lipinski definition) is 5. The molecule has 1 rings (SSSR count). The summed E-state index contributed by atoms with van der Waals surface area (Å²) in [4.78, 5) is 3.20. The van der Waals surface area contributed by atoms with Crippen molar-refractivity contribution in [3.8, 4) is 0 Å². The zero-order chi connectivity index (χ0) is 11.5. The Labute approximate surface area is 88.4 Å². The van der Waals surface area contributed by atoms with Crippen LogP contribution in [0.25, 0.3) is 0 Å². The van der Waals surface area contributed by atoms with Crippen LogP contribution in [0.1, 0.15) is 24.2 Å². The summed E-state index contributed by atoms with van der Waals surface area (Å²) < 4.78 is 40.7. The fourth-order valence-electron chi connectivity index (χ4n) is 0.869. The molecular formula is C7H10F3N3OS. The highest BCUT2D eigenvalue weighted by atomic mass is 32.2. The minimum atomic E-state index is -4.58. The van der Waals surface area contributed by atoms with Crippen LogP contribution in [0.4, 0.5) is 13.2 Å². The first-order valence-electron chi connectivity index (χ1n) is 4.10. The van der Waals surface area contributed by atoms with E-state index in [1.807, 2.05) is 6.26 Å². The second-order valence-electron chi connectivity index (χ2n) is 2.84. The topological polar surface area (TPSA) is 64.9 Å². The van der Waals surface area contributed by atoms with Crippen molar-refractivity contribution in [3.63, 3.8) is 0 Å². The van der Waals surface area contributed by atoms with Gasteiger partial charge in [-0.05, 0) is 18.4 Å². The number of aromatic nitrogens is 2. The van der Waals surface area contributed by atoms with Gasteiger partial charge in [0, 0.05) is 0 Å². The van der Waals surface area contributed by atoms with Gasteiger partial charge in [-0.15, -0.1) is 0 Å². The molecular weight excluding hydrogens is 231 g/mol. The average molecular weight is 241 g/mol. The summed E-state index contributed by atoms with van der Waals surface area (Å²) in [5.74, 6) is -0.723. The van der Waals surface area contributed by atoms with Gasteiger partial charge in [-0.25, -0.2) is 0 Å². The summed E-state index contributed by atoms with van der Waals surface area (Å²) in [6, 6.07) is -0.638. The quantitative estimate of drug-likeness (QED) is 0.871. The van der Waals surface area contributed by atoms with E-state index in [1.54, 1.807) is 11.8 Å². The molecule has 15 heavy (non-hydrogen) atoms. The molecule has 0 fully saturated rings. The minimum absolute atomic E-state index is 0.170. The first-order valence-corrected chi connectivity index (χ1v) is 5.50. The van der Waals surface area contributed by atoms with Gasteiger partial charge in [0.2, 0.25) is 5.89 Å². The number of rotatable bonds is 4. The Morgan fingerprint density at radius 1 is 1.53 bits per heavy atom. The van der Waals surface area contributed by atoms with Crippen molar-refractivity contribution in [3.05, 3.63) is 11.7 Å². The predicted molar refractivity (Wildman–Crippen MR) is 49.2 cm³/mol. The molecule has 8 heteroatoms. The fourth-order valence-corrected chi connectivity index (χ4v) is 1.36. The van der Waals surface area contributed by atoms with Gasteiger partial charge < -0.3 is 10.3 Å². The number of nitrogens with two attached hydrogens (primary N) is 1. The van der Waals surface area contributed by atoms with E-state index in [9.17, 15) is 13.2 Å². The molecule has 0 radical (unpaired) electrons. The largest absolute Gasteiger partial charge is 0.455 e. The van der Waals surface area contributed by atoms with Crippen molar-refractivity contribution >= 4 is 11.8 Å². The molecule has 0 aliphatic carbocycles. The molecule has 86 valence electrons. The van der Waals surface area contributed by atoms with Crippen molar-refractivity contribution < 1.29 is 17.7 Å². The van der Waals surface area contributed by atoms with Crippen molar-refractivity contribution in [2.75, 3.05) is 12.0 Å². The van der Waals surface area contributed by atoms with E-state index < -0.39 is 18.0 Å². The van der Waals surface area contributed by atoms with Gasteiger partial charge in [-0.2, -0.15) is 29.9 Å². The maximum atomic E-state index is 12.1. The highest BCUT2D eigenvalue weighted by Gasteiger charge is 2.37. The number of nitrogens with zero attached hydrogens (tertiary/aromatic N) is 2. The van der Waals surface area contributed by atoms with Crippen LogP contribution in [0.3, 0.4) is 0 Å². The Morgan fingerprint density at radius 2 is 2.20 bits per heavy atom. The maximum Gasteiger partial charge on any atom is 0.455 e. The van der Waals surface area contributed by atoms with Crippen LogP contribution >= 0.6 is 11.8 Å². The highest BCUT2D eigenvalue weighted by Crippen LogP contribution is 2.27. The smallest absolute Gasteiger partial charge is 0.337 e. The van der Waals surface area contributed by atoms with Crippen LogP contribution in [0.15, 0.2) is 4.52 Å². The zero-order valence-corrected chi connectivity index (χ0v) is 8.73. The molecule has 0 saturated carbocycles. The summed E-state index contributed by atoms with van der Waals surface area (Å²) in [6.45, 7) is 0. The van der Waals surface area contributed by atoms with E-state index >= 15 is 0 Å². The minimum Gasteiger partial charge on any atom is -0.337 e. The average Bonchev–Trinajstić information content (AvgIpc) is 2.62. The molecule has 1 aromatic heterocycles. The molecule has 1 atom stereocenters. The summed E-state index contributed by atoms with van der Waals surface area (Å²) in [7, 11) is 0. The predicted octanol–water partition coefficient (Wildman–Crippen LogP) is 1.84. The second-order valence-corrected chi connectivity index (χ2v) is 3.83. The Morgan fingerprint density at radius 3 is 2.67 bits per heavy atom. The Kier molecular flexibility index (Phi) is 3.97. The maximum absolute atomic E-state index is 12.1. The van der Waals surface area contributed by atoms with Crippen LogP contribution in [-0.4, -0.2) is 22.1 Å². The van der Waals surface area contributed by atoms with E-state index in [0.29, 0.717) is 6.42 Å². The molecule has 0 aromatic carbocycles. The van der Waals surface area contributed by atoms with Gasteiger partial charge in [0.05, 0.1) is 6.04 Å². The molecule has 0 aliphatic heterocycles. The Hall–Kier alpha value is -0.760. The van der Waals surface area contributed by atoms with Gasteiger partial charge in [0.1, 0.15) is 0 Å². The molecule has 0 saturated heterocycles. The van der Waals surface area contributed by atoms with Crippen molar-refractivity contribution in [2.24, 2.45) is 5.73 Å². The summed E-state index contributed by atoms with van der Waals surface area (Å²) >= 11 is 1.54. The van der Waals surface area contributed by atoms with Crippen molar-refractivity contribution in [1.29, 1.82) is 0 Å². The fraction of sp³-hybridized carbons (Fsp3) is 0.714. The number of alkyl halides is 3. The number of halogens is 3. The molecule has 0 amide bonds. The third-order valence-electron chi connectivity index (χ3n) is 1.65. The van der Waals surface area contributed by atoms with Crippen molar-refractivity contribution in [1.82, 2.24) is 10.1 Å². The van der Waals surface area contributed by atoms with Crippen LogP contribution < -0.4 is 5.73 Å². The van der Waals surface area contributed by atoms with Crippen LogP contribution in [0.2, 0.25) is 0 Å². The first-order chi connectivity index (χ1) is 6.95. The van der Waals surface area contributed by atoms with Gasteiger partial charge in [-0.1, -0.05) is 5.16 Å². The van der Waals surface area contributed by atoms with Crippen LogP contribution in [-0.2, 0) is 6.18 Å². The first kappa shape index (κ1) is 12.3. The van der Waals surface area contributed by atoms with E-state index in [4.69, 9.17) is 5.73 Å².